The van der Waals surface area contributed by atoms with Gasteiger partial charge in [0.15, 0.2) is 0 Å². The van der Waals surface area contributed by atoms with E-state index in [9.17, 15) is 5.11 Å². The predicted molar refractivity (Wildman–Crippen MR) is 68.3 cm³/mol. The fraction of sp³-hybridized carbons (Fsp3) is 0.750. The third-order valence-electron chi connectivity index (χ3n) is 3.44. The largest absolute Gasteiger partial charge is 0.394 e. The number of aromatic nitrogens is 1. The molecule has 0 atom stereocenters. The van der Waals surface area contributed by atoms with Crippen molar-refractivity contribution in [3.63, 3.8) is 0 Å². The molecular formula is C12H20N2O2S. The molecule has 0 aliphatic carbocycles. The van der Waals surface area contributed by atoms with E-state index in [0.29, 0.717) is 0 Å². The van der Waals surface area contributed by atoms with E-state index in [2.05, 4.69) is 17.2 Å². The van der Waals surface area contributed by atoms with Gasteiger partial charge in [0.2, 0.25) is 0 Å². The van der Waals surface area contributed by atoms with Gasteiger partial charge in [-0.1, -0.05) is 0 Å². The van der Waals surface area contributed by atoms with Crippen LogP contribution in [0.15, 0.2) is 0 Å². The van der Waals surface area contributed by atoms with E-state index < -0.39 is 0 Å². The van der Waals surface area contributed by atoms with Crippen molar-refractivity contribution in [2.24, 2.45) is 0 Å². The average molecular weight is 256 g/mol. The van der Waals surface area contributed by atoms with Gasteiger partial charge in [-0.2, -0.15) is 0 Å². The molecule has 2 N–H and O–H groups in total. The maximum atomic E-state index is 9.54. The van der Waals surface area contributed by atoms with E-state index in [1.807, 2.05) is 6.92 Å². The molecule has 0 saturated carbocycles. The lowest BCUT2D eigenvalue weighted by Gasteiger charge is -2.36. The molecule has 5 heteroatoms. The first-order chi connectivity index (χ1) is 8.15. The Bertz CT molecular complexity index is 353. The molecule has 0 spiro atoms. The average Bonchev–Trinajstić information content (AvgIpc) is 2.68. The number of nitrogens with zero attached hydrogens (tertiary/aromatic N) is 1. The molecule has 96 valence electrons. The Balaban J connectivity index is 1.95. The van der Waals surface area contributed by atoms with Gasteiger partial charge in [0.05, 0.1) is 12.3 Å². The lowest BCUT2D eigenvalue weighted by molar-refractivity contribution is 0.0111. The molecule has 0 unspecified atom stereocenters. The summed E-state index contributed by atoms with van der Waals surface area (Å²) in [6, 6.07) is 0. The molecule has 1 aliphatic rings. The Morgan fingerprint density at radius 1 is 1.41 bits per heavy atom. The third-order valence-corrected chi connectivity index (χ3v) is 4.51. The van der Waals surface area contributed by atoms with Crippen LogP contribution in [0.25, 0.3) is 0 Å². The van der Waals surface area contributed by atoms with Crippen LogP contribution in [0.1, 0.15) is 28.4 Å². The minimum absolute atomic E-state index is 0.166. The fourth-order valence-electron chi connectivity index (χ4n) is 2.03. The number of aliphatic hydroxyl groups excluding tert-OH is 1. The van der Waals surface area contributed by atoms with Crippen LogP contribution in [-0.4, -0.2) is 35.5 Å². The predicted octanol–water partition coefficient (Wildman–Crippen LogP) is 1.39. The summed E-state index contributed by atoms with van der Waals surface area (Å²) in [4.78, 5) is 5.77. The number of nitrogens with one attached hydrogen (secondary N) is 1. The number of aryl methyl sites for hydroxylation is 2. The quantitative estimate of drug-likeness (QED) is 0.855. The Labute approximate surface area is 106 Å². The van der Waals surface area contributed by atoms with Crippen molar-refractivity contribution in [3.05, 3.63) is 15.6 Å². The monoisotopic (exact) mass is 256 g/mol. The zero-order valence-electron chi connectivity index (χ0n) is 10.5. The minimum atomic E-state index is -0.175. The second-order valence-electron chi connectivity index (χ2n) is 4.65. The van der Waals surface area contributed by atoms with Gasteiger partial charge in [-0.15, -0.1) is 11.3 Å². The summed E-state index contributed by atoms with van der Waals surface area (Å²) in [6.45, 7) is 6.48. The summed E-state index contributed by atoms with van der Waals surface area (Å²) in [5.41, 5.74) is 0.933. The first-order valence-corrected chi connectivity index (χ1v) is 6.83. The molecule has 1 fully saturated rings. The van der Waals surface area contributed by atoms with E-state index >= 15 is 0 Å². The van der Waals surface area contributed by atoms with Crippen LogP contribution in [0.2, 0.25) is 0 Å². The molecule has 1 saturated heterocycles. The lowest BCUT2D eigenvalue weighted by Crippen LogP contribution is -2.51. The van der Waals surface area contributed by atoms with Gasteiger partial charge >= 0.3 is 0 Å². The van der Waals surface area contributed by atoms with Gasteiger partial charge in [0.25, 0.3) is 0 Å². The topological polar surface area (TPSA) is 54.4 Å². The Hall–Kier alpha value is -0.490. The number of aliphatic hydroxyl groups is 1. The standard InChI is InChI=1S/C12H20N2O2S/c1-9-10(2)17-11(14-9)7-13-12(8-15)3-5-16-6-4-12/h13,15H,3-8H2,1-2H3. The van der Waals surface area contributed by atoms with Gasteiger partial charge in [0, 0.05) is 30.2 Å². The van der Waals surface area contributed by atoms with Gasteiger partial charge in [0.1, 0.15) is 5.01 Å². The van der Waals surface area contributed by atoms with Crippen molar-refractivity contribution in [1.82, 2.24) is 10.3 Å². The summed E-state index contributed by atoms with van der Waals surface area (Å²) in [7, 11) is 0. The van der Waals surface area contributed by atoms with Crippen molar-refractivity contribution < 1.29 is 9.84 Å². The highest BCUT2D eigenvalue weighted by atomic mass is 32.1. The first-order valence-electron chi connectivity index (χ1n) is 6.02. The molecule has 0 bridgehead atoms. The lowest BCUT2D eigenvalue weighted by atomic mass is 9.91. The van der Waals surface area contributed by atoms with Crippen LogP contribution < -0.4 is 5.32 Å². The van der Waals surface area contributed by atoms with Crippen LogP contribution in [0.5, 0.6) is 0 Å². The summed E-state index contributed by atoms with van der Waals surface area (Å²) in [5, 5.41) is 14.1. The summed E-state index contributed by atoms with van der Waals surface area (Å²) in [5.74, 6) is 0. The van der Waals surface area contributed by atoms with E-state index in [4.69, 9.17) is 4.74 Å². The van der Waals surface area contributed by atoms with Crippen molar-refractivity contribution in [2.75, 3.05) is 19.8 Å². The summed E-state index contributed by atoms with van der Waals surface area (Å²) >= 11 is 1.73. The zero-order valence-corrected chi connectivity index (χ0v) is 11.3. The zero-order chi connectivity index (χ0) is 12.3. The van der Waals surface area contributed by atoms with Crippen LogP contribution >= 0.6 is 11.3 Å². The molecule has 4 nitrogen and oxygen atoms in total. The maximum Gasteiger partial charge on any atom is 0.107 e. The molecule has 1 aromatic heterocycles. The Morgan fingerprint density at radius 3 is 2.65 bits per heavy atom. The fourth-order valence-corrected chi connectivity index (χ4v) is 2.90. The Kier molecular flexibility index (Phi) is 4.14. The van der Waals surface area contributed by atoms with Gasteiger partial charge in [-0.25, -0.2) is 4.98 Å². The van der Waals surface area contributed by atoms with Crippen molar-refractivity contribution in [3.8, 4) is 0 Å². The Morgan fingerprint density at radius 2 is 2.12 bits per heavy atom. The van der Waals surface area contributed by atoms with Crippen LogP contribution in [0, 0.1) is 13.8 Å². The summed E-state index contributed by atoms with van der Waals surface area (Å²) in [6.07, 6.45) is 1.74. The minimum Gasteiger partial charge on any atom is -0.394 e. The van der Waals surface area contributed by atoms with Crippen LogP contribution in [0.3, 0.4) is 0 Å². The highest BCUT2D eigenvalue weighted by molar-refractivity contribution is 7.11. The molecule has 0 radical (unpaired) electrons. The normalized spacial score (nSPS) is 19.5. The smallest absolute Gasteiger partial charge is 0.107 e. The molecule has 0 amide bonds. The van der Waals surface area contributed by atoms with Crippen molar-refractivity contribution in [1.29, 1.82) is 0 Å². The molecule has 1 aromatic rings. The number of ether oxygens (including phenoxy) is 1. The number of rotatable bonds is 4. The molecule has 1 aliphatic heterocycles. The molecule has 2 heterocycles. The summed E-state index contributed by atoms with van der Waals surface area (Å²) < 4.78 is 5.34. The van der Waals surface area contributed by atoms with Crippen LogP contribution in [0.4, 0.5) is 0 Å². The maximum absolute atomic E-state index is 9.54. The number of thiazole rings is 1. The van der Waals surface area contributed by atoms with Gasteiger partial charge < -0.3 is 15.2 Å². The highest BCUT2D eigenvalue weighted by Crippen LogP contribution is 2.22. The second-order valence-corrected chi connectivity index (χ2v) is 5.94. The van der Waals surface area contributed by atoms with Gasteiger partial charge in [-0.3, -0.25) is 0 Å². The molecular weight excluding hydrogens is 236 g/mol. The molecule has 0 aromatic carbocycles. The number of hydrogen-bond donors (Lipinski definition) is 2. The van der Waals surface area contributed by atoms with Gasteiger partial charge in [-0.05, 0) is 26.7 Å². The van der Waals surface area contributed by atoms with E-state index in [-0.39, 0.29) is 12.1 Å². The van der Waals surface area contributed by atoms with Crippen LogP contribution in [-0.2, 0) is 11.3 Å². The molecule has 17 heavy (non-hydrogen) atoms. The second kappa shape index (κ2) is 5.44. The van der Waals surface area contributed by atoms with E-state index in [1.54, 1.807) is 11.3 Å². The molecule has 2 rings (SSSR count). The van der Waals surface area contributed by atoms with E-state index in [0.717, 1.165) is 43.3 Å². The van der Waals surface area contributed by atoms with Crippen molar-refractivity contribution in [2.45, 2.75) is 38.8 Å². The third kappa shape index (κ3) is 3.04. The first kappa shape index (κ1) is 13.0. The highest BCUT2D eigenvalue weighted by Gasteiger charge is 2.31. The number of hydrogen-bond acceptors (Lipinski definition) is 5. The van der Waals surface area contributed by atoms with E-state index in [1.165, 1.54) is 4.88 Å². The SMILES string of the molecule is Cc1nc(CNC2(CO)CCOCC2)sc1C. The van der Waals surface area contributed by atoms with Crippen molar-refractivity contribution >= 4 is 11.3 Å².